The number of halogens is 3. The van der Waals surface area contributed by atoms with Gasteiger partial charge in [0.15, 0.2) is 0 Å². The van der Waals surface area contributed by atoms with Crippen molar-refractivity contribution in [2.45, 2.75) is 13.0 Å². The summed E-state index contributed by atoms with van der Waals surface area (Å²) >= 11 is 20.0. The molecule has 0 saturated carbocycles. The average Bonchev–Trinajstić information content (AvgIpc) is 3.36. The number of ketones is 1. The number of carbonyl (C=O) groups is 2. The molecule has 164 valence electrons. The first-order valence-electron chi connectivity index (χ1n) is 9.38. The summed E-state index contributed by atoms with van der Waals surface area (Å²) in [5.74, 6) is -1.90. The van der Waals surface area contributed by atoms with Crippen LogP contribution in [0, 0.1) is 6.92 Å². The third-order valence-corrected chi connectivity index (χ3v) is 6.99. The quantitative estimate of drug-likeness (QED) is 0.243. The SMILES string of the molecule is COc1c(Cl)cc(Cl)cc1/C(O)=C1/C(=O)C(=O)N(c2ccc(C)c(Cl)c2)C1c1cccs1. The minimum atomic E-state index is -0.865. The number of thiophene rings is 1. The summed E-state index contributed by atoms with van der Waals surface area (Å²) in [6, 6.07) is 10.7. The minimum absolute atomic E-state index is 0.0919. The Morgan fingerprint density at radius 3 is 2.47 bits per heavy atom. The number of methoxy groups -OCH3 is 1. The van der Waals surface area contributed by atoms with Gasteiger partial charge in [-0.25, -0.2) is 0 Å². The van der Waals surface area contributed by atoms with Gasteiger partial charge in [0.2, 0.25) is 0 Å². The number of benzene rings is 2. The van der Waals surface area contributed by atoms with Crippen molar-refractivity contribution in [1.29, 1.82) is 0 Å². The van der Waals surface area contributed by atoms with Gasteiger partial charge in [0.05, 0.1) is 23.3 Å². The van der Waals surface area contributed by atoms with Crippen LogP contribution >= 0.6 is 46.1 Å². The van der Waals surface area contributed by atoms with E-state index in [0.717, 1.165) is 5.56 Å². The van der Waals surface area contributed by atoms with E-state index in [9.17, 15) is 14.7 Å². The van der Waals surface area contributed by atoms with Gasteiger partial charge in [-0.3, -0.25) is 14.5 Å². The van der Waals surface area contributed by atoms with Crippen molar-refractivity contribution in [3.05, 3.63) is 84.5 Å². The van der Waals surface area contributed by atoms with E-state index in [1.165, 1.54) is 35.5 Å². The van der Waals surface area contributed by atoms with Crippen molar-refractivity contribution >= 4 is 69.3 Å². The van der Waals surface area contributed by atoms with E-state index < -0.39 is 23.5 Å². The van der Waals surface area contributed by atoms with Crippen LogP contribution in [0.5, 0.6) is 5.75 Å². The highest BCUT2D eigenvalue weighted by Crippen LogP contribution is 2.46. The molecule has 1 fully saturated rings. The van der Waals surface area contributed by atoms with E-state index in [-0.39, 0.29) is 26.9 Å². The molecule has 1 aliphatic heterocycles. The molecule has 4 rings (SSSR count). The third kappa shape index (κ3) is 3.77. The van der Waals surface area contributed by atoms with Crippen LogP contribution in [0.25, 0.3) is 5.76 Å². The van der Waals surface area contributed by atoms with Crippen molar-refractivity contribution in [3.63, 3.8) is 0 Å². The number of carbonyl (C=O) groups excluding carboxylic acids is 2. The van der Waals surface area contributed by atoms with Crippen LogP contribution in [-0.4, -0.2) is 23.9 Å². The monoisotopic (exact) mass is 507 g/mol. The van der Waals surface area contributed by atoms with Crippen LogP contribution in [-0.2, 0) is 9.59 Å². The minimum Gasteiger partial charge on any atom is -0.507 e. The smallest absolute Gasteiger partial charge is 0.300 e. The number of nitrogens with zero attached hydrogens (tertiary/aromatic N) is 1. The third-order valence-electron chi connectivity index (χ3n) is 5.16. The molecule has 1 N–H and O–H groups in total. The Kier molecular flexibility index (Phi) is 6.23. The van der Waals surface area contributed by atoms with Gasteiger partial charge in [-0.05, 0) is 48.2 Å². The second-order valence-electron chi connectivity index (χ2n) is 7.09. The molecule has 2 heterocycles. The largest absolute Gasteiger partial charge is 0.507 e. The number of hydrogen-bond acceptors (Lipinski definition) is 5. The second kappa shape index (κ2) is 8.79. The maximum Gasteiger partial charge on any atom is 0.300 e. The number of aliphatic hydroxyl groups excluding tert-OH is 1. The van der Waals surface area contributed by atoms with Gasteiger partial charge in [-0.1, -0.05) is 46.9 Å². The zero-order valence-electron chi connectivity index (χ0n) is 16.9. The second-order valence-corrected chi connectivity index (χ2v) is 9.32. The Morgan fingerprint density at radius 1 is 1.09 bits per heavy atom. The fourth-order valence-corrected chi connectivity index (χ4v) is 5.20. The van der Waals surface area contributed by atoms with Gasteiger partial charge in [0.25, 0.3) is 11.7 Å². The number of amides is 1. The number of hydrogen-bond donors (Lipinski definition) is 1. The number of anilines is 1. The molecule has 3 aromatic rings. The van der Waals surface area contributed by atoms with Crippen molar-refractivity contribution in [3.8, 4) is 5.75 Å². The van der Waals surface area contributed by atoms with Crippen molar-refractivity contribution < 1.29 is 19.4 Å². The van der Waals surface area contributed by atoms with E-state index in [1.54, 1.807) is 30.3 Å². The fraction of sp³-hybridized carbons (Fsp3) is 0.130. The van der Waals surface area contributed by atoms with E-state index in [0.29, 0.717) is 15.6 Å². The predicted octanol–water partition coefficient (Wildman–Crippen LogP) is 6.65. The van der Waals surface area contributed by atoms with Crippen LogP contribution in [0.3, 0.4) is 0 Å². The first-order valence-corrected chi connectivity index (χ1v) is 11.4. The van der Waals surface area contributed by atoms with Crippen LogP contribution < -0.4 is 9.64 Å². The van der Waals surface area contributed by atoms with Crippen LogP contribution in [0.2, 0.25) is 15.1 Å². The molecule has 0 radical (unpaired) electrons. The van der Waals surface area contributed by atoms with E-state index in [4.69, 9.17) is 39.5 Å². The molecule has 1 unspecified atom stereocenters. The zero-order chi connectivity index (χ0) is 23.2. The Hall–Kier alpha value is -2.51. The molecule has 1 aromatic heterocycles. The van der Waals surface area contributed by atoms with Gasteiger partial charge in [-0.2, -0.15) is 0 Å². The lowest BCUT2D eigenvalue weighted by Crippen LogP contribution is -2.29. The summed E-state index contributed by atoms with van der Waals surface area (Å²) in [6.45, 7) is 1.84. The van der Waals surface area contributed by atoms with Crippen molar-refractivity contribution in [1.82, 2.24) is 0 Å². The molecular weight excluding hydrogens is 493 g/mol. The Bertz CT molecular complexity index is 1270. The highest BCUT2D eigenvalue weighted by Gasteiger charge is 2.47. The molecule has 0 aliphatic carbocycles. The lowest BCUT2D eigenvalue weighted by atomic mass is 9.99. The first-order chi connectivity index (χ1) is 15.2. The Morgan fingerprint density at radius 2 is 1.84 bits per heavy atom. The van der Waals surface area contributed by atoms with Crippen LogP contribution in [0.1, 0.15) is 22.0 Å². The van der Waals surface area contributed by atoms with Crippen LogP contribution in [0.15, 0.2) is 53.4 Å². The van der Waals surface area contributed by atoms with Gasteiger partial charge in [0.1, 0.15) is 17.6 Å². The molecule has 1 atom stereocenters. The topological polar surface area (TPSA) is 66.8 Å². The van der Waals surface area contributed by atoms with Gasteiger partial charge >= 0.3 is 0 Å². The van der Waals surface area contributed by atoms with Crippen LogP contribution in [0.4, 0.5) is 5.69 Å². The molecule has 9 heteroatoms. The molecule has 1 amide bonds. The maximum atomic E-state index is 13.2. The summed E-state index contributed by atoms with van der Waals surface area (Å²) in [5.41, 5.74) is 1.30. The number of rotatable bonds is 4. The molecular formula is C23H16Cl3NO4S. The summed E-state index contributed by atoms with van der Waals surface area (Å²) in [6.07, 6.45) is 0. The molecule has 5 nitrogen and oxygen atoms in total. The van der Waals surface area contributed by atoms with Crippen molar-refractivity contribution in [2.75, 3.05) is 12.0 Å². The lowest BCUT2D eigenvalue weighted by molar-refractivity contribution is -0.132. The molecule has 32 heavy (non-hydrogen) atoms. The standard InChI is InChI=1S/C23H16Cl3NO4S/c1-11-5-6-13(10-15(11)25)27-19(17-4-3-7-32-17)18(21(29)23(27)30)20(28)14-8-12(24)9-16(26)22(14)31-2/h3-10,19,28H,1-2H3/b20-18-. The predicted molar refractivity (Wildman–Crippen MR) is 128 cm³/mol. The summed E-state index contributed by atoms with van der Waals surface area (Å²) in [4.78, 5) is 28.4. The summed E-state index contributed by atoms with van der Waals surface area (Å²) < 4.78 is 5.33. The molecule has 1 saturated heterocycles. The zero-order valence-corrected chi connectivity index (χ0v) is 19.9. The van der Waals surface area contributed by atoms with Gasteiger partial charge in [0, 0.05) is 20.6 Å². The average molecular weight is 509 g/mol. The highest BCUT2D eigenvalue weighted by atomic mass is 35.5. The lowest BCUT2D eigenvalue weighted by Gasteiger charge is -2.24. The normalized spacial score (nSPS) is 17.8. The van der Waals surface area contributed by atoms with E-state index in [2.05, 4.69) is 0 Å². The van der Waals surface area contributed by atoms with E-state index >= 15 is 0 Å². The summed E-state index contributed by atoms with van der Waals surface area (Å²) in [7, 11) is 1.38. The van der Waals surface area contributed by atoms with Gasteiger partial charge in [-0.15, -0.1) is 11.3 Å². The number of ether oxygens (including phenoxy) is 1. The Balaban J connectivity index is 1.99. The summed E-state index contributed by atoms with van der Waals surface area (Å²) in [5, 5.41) is 13.9. The molecule has 2 aromatic carbocycles. The maximum absolute atomic E-state index is 13.2. The number of Topliss-reactive ketones (excluding diaryl/α,β-unsaturated/α-hetero) is 1. The number of aliphatic hydroxyl groups is 1. The molecule has 0 bridgehead atoms. The van der Waals surface area contributed by atoms with E-state index in [1.807, 2.05) is 12.3 Å². The van der Waals surface area contributed by atoms with Gasteiger partial charge < -0.3 is 9.84 Å². The highest BCUT2D eigenvalue weighted by molar-refractivity contribution is 7.10. The Labute approximate surface area is 203 Å². The fourth-order valence-electron chi connectivity index (χ4n) is 3.64. The number of aryl methyl sites for hydroxylation is 1. The molecule has 0 spiro atoms. The molecule has 1 aliphatic rings. The van der Waals surface area contributed by atoms with Crippen molar-refractivity contribution in [2.24, 2.45) is 0 Å². The first kappa shape index (κ1) is 22.7.